The van der Waals surface area contributed by atoms with Gasteiger partial charge in [0, 0.05) is 13.1 Å². The molecule has 14 heavy (non-hydrogen) atoms. The Morgan fingerprint density at radius 3 is 2.43 bits per heavy atom. The third-order valence-corrected chi connectivity index (χ3v) is 2.21. The number of aliphatic hydroxyl groups excluding tert-OH is 1. The maximum atomic E-state index is 8.90. The van der Waals surface area contributed by atoms with Crippen LogP contribution in [0.2, 0.25) is 0 Å². The van der Waals surface area contributed by atoms with Gasteiger partial charge < -0.3 is 5.11 Å². The largest absolute Gasteiger partial charge is 0.395 e. The summed E-state index contributed by atoms with van der Waals surface area (Å²) < 4.78 is 0. The van der Waals surface area contributed by atoms with Gasteiger partial charge in [-0.05, 0) is 18.5 Å². The number of rotatable bonds is 6. The highest BCUT2D eigenvalue weighted by Crippen LogP contribution is 2.04. The molecule has 1 aromatic carbocycles. The van der Waals surface area contributed by atoms with E-state index in [4.69, 9.17) is 5.11 Å². The van der Waals surface area contributed by atoms with Crippen molar-refractivity contribution < 1.29 is 5.11 Å². The fraction of sp³-hybridized carbons (Fsp3) is 0.500. The molecular formula is C12H19NO. The average Bonchev–Trinajstić information content (AvgIpc) is 2.20. The molecule has 78 valence electrons. The van der Waals surface area contributed by atoms with Gasteiger partial charge in [0.2, 0.25) is 0 Å². The Bertz CT molecular complexity index is 229. The van der Waals surface area contributed by atoms with Crippen LogP contribution < -0.4 is 0 Å². The second-order valence-electron chi connectivity index (χ2n) is 3.49. The molecule has 0 atom stereocenters. The highest BCUT2D eigenvalue weighted by atomic mass is 16.3. The molecule has 0 aliphatic carbocycles. The first-order valence-electron chi connectivity index (χ1n) is 5.24. The monoisotopic (exact) mass is 193 g/mol. The molecule has 1 N–H and O–H groups in total. The molecule has 0 spiro atoms. The van der Waals surface area contributed by atoms with Gasteiger partial charge in [-0.25, -0.2) is 0 Å². The molecule has 0 fully saturated rings. The molecule has 0 heterocycles. The van der Waals surface area contributed by atoms with E-state index in [0.717, 1.165) is 26.1 Å². The molecule has 2 nitrogen and oxygen atoms in total. The third-order valence-electron chi connectivity index (χ3n) is 2.21. The van der Waals surface area contributed by atoms with Crippen LogP contribution in [-0.2, 0) is 6.54 Å². The Morgan fingerprint density at radius 1 is 1.14 bits per heavy atom. The zero-order valence-electron chi connectivity index (χ0n) is 8.82. The second-order valence-corrected chi connectivity index (χ2v) is 3.49. The number of benzene rings is 1. The second kappa shape index (κ2) is 6.57. The minimum atomic E-state index is 0.243. The molecule has 2 heteroatoms. The molecule has 1 rings (SSSR count). The van der Waals surface area contributed by atoms with Crippen LogP contribution in [-0.4, -0.2) is 29.7 Å². The molecule has 0 bridgehead atoms. The number of nitrogens with zero attached hydrogens (tertiary/aromatic N) is 1. The molecule has 0 radical (unpaired) electrons. The minimum Gasteiger partial charge on any atom is -0.395 e. The van der Waals surface area contributed by atoms with Gasteiger partial charge in [0.25, 0.3) is 0 Å². The summed E-state index contributed by atoms with van der Waals surface area (Å²) in [6, 6.07) is 10.4. The lowest BCUT2D eigenvalue weighted by Crippen LogP contribution is -2.27. The highest BCUT2D eigenvalue weighted by Gasteiger charge is 2.02. The molecule has 1 aromatic rings. The van der Waals surface area contributed by atoms with E-state index in [1.807, 2.05) is 6.07 Å². The molecule has 0 saturated heterocycles. The van der Waals surface area contributed by atoms with Crippen LogP contribution in [0.25, 0.3) is 0 Å². The van der Waals surface area contributed by atoms with Crippen molar-refractivity contribution in [1.82, 2.24) is 4.90 Å². The molecular weight excluding hydrogens is 174 g/mol. The van der Waals surface area contributed by atoms with Gasteiger partial charge in [-0.1, -0.05) is 37.3 Å². The molecule has 0 saturated carbocycles. The molecule has 0 aliphatic heterocycles. The van der Waals surface area contributed by atoms with Crippen molar-refractivity contribution in [3.05, 3.63) is 35.9 Å². The highest BCUT2D eigenvalue weighted by molar-refractivity contribution is 5.14. The maximum absolute atomic E-state index is 8.90. The van der Waals surface area contributed by atoms with E-state index in [9.17, 15) is 0 Å². The van der Waals surface area contributed by atoms with Crippen molar-refractivity contribution in [3.8, 4) is 0 Å². The van der Waals surface area contributed by atoms with E-state index in [0.29, 0.717) is 0 Å². The Labute approximate surface area is 86.2 Å². The van der Waals surface area contributed by atoms with Gasteiger partial charge in [-0.2, -0.15) is 0 Å². The number of aliphatic hydroxyl groups is 1. The van der Waals surface area contributed by atoms with E-state index >= 15 is 0 Å². The van der Waals surface area contributed by atoms with Crippen molar-refractivity contribution in [2.75, 3.05) is 19.7 Å². The average molecular weight is 193 g/mol. The van der Waals surface area contributed by atoms with Crippen LogP contribution in [0.5, 0.6) is 0 Å². The summed E-state index contributed by atoms with van der Waals surface area (Å²) >= 11 is 0. The van der Waals surface area contributed by atoms with Crippen LogP contribution in [0.3, 0.4) is 0 Å². The summed E-state index contributed by atoms with van der Waals surface area (Å²) in [6.45, 7) is 5.16. The van der Waals surface area contributed by atoms with Crippen LogP contribution >= 0.6 is 0 Å². The fourth-order valence-corrected chi connectivity index (χ4v) is 1.57. The zero-order chi connectivity index (χ0) is 10.2. The predicted molar refractivity (Wildman–Crippen MR) is 59.1 cm³/mol. The lowest BCUT2D eigenvalue weighted by molar-refractivity contribution is 0.190. The van der Waals surface area contributed by atoms with Crippen LogP contribution in [0.4, 0.5) is 0 Å². The molecule has 0 unspecified atom stereocenters. The van der Waals surface area contributed by atoms with E-state index in [1.54, 1.807) is 0 Å². The van der Waals surface area contributed by atoms with E-state index in [1.165, 1.54) is 5.56 Å². The van der Waals surface area contributed by atoms with Gasteiger partial charge in [-0.3, -0.25) is 4.90 Å². The molecule has 0 amide bonds. The van der Waals surface area contributed by atoms with Crippen molar-refractivity contribution in [2.45, 2.75) is 19.9 Å². The van der Waals surface area contributed by atoms with Crippen molar-refractivity contribution in [1.29, 1.82) is 0 Å². The predicted octanol–water partition coefficient (Wildman–Crippen LogP) is 1.89. The summed E-state index contributed by atoms with van der Waals surface area (Å²) in [7, 11) is 0. The first kappa shape index (κ1) is 11.2. The van der Waals surface area contributed by atoms with Gasteiger partial charge in [0.15, 0.2) is 0 Å². The van der Waals surface area contributed by atoms with Crippen molar-refractivity contribution >= 4 is 0 Å². The smallest absolute Gasteiger partial charge is 0.0558 e. The zero-order valence-corrected chi connectivity index (χ0v) is 8.82. The SMILES string of the molecule is CCCN(CCO)Cc1ccccc1. The van der Waals surface area contributed by atoms with Gasteiger partial charge >= 0.3 is 0 Å². The third kappa shape index (κ3) is 3.90. The minimum absolute atomic E-state index is 0.243. The fourth-order valence-electron chi connectivity index (χ4n) is 1.57. The summed E-state index contributed by atoms with van der Waals surface area (Å²) in [5.41, 5.74) is 1.31. The Hall–Kier alpha value is -0.860. The van der Waals surface area contributed by atoms with Crippen LogP contribution in [0.15, 0.2) is 30.3 Å². The Balaban J connectivity index is 2.46. The topological polar surface area (TPSA) is 23.5 Å². The first-order chi connectivity index (χ1) is 6.86. The van der Waals surface area contributed by atoms with E-state index in [2.05, 4.69) is 36.1 Å². The normalized spacial score (nSPS) is 10.8. The maximum Gasteiger partial charge on any atom is 0.0558 e. The van der Waals surface area contributed by atoms with Crippen molar-refractivity contribution in [3.63, 3.8) is 0 Å². The summed E-state index contributed by atoms with van der Waals surface area (Å²) in [6.07, 6.45) is 1.13. The number of hydrogen-bond acceptors (Lipinski definition) is 2. The lowest BCUT2D eigenvalue weighted by Gasteiger charge is -2.20. The Kier molecular flexibility index (Phi) is 5.27. The summed E-state index contributed by atoms with van der Waals surface area (Å²) in [5.74, 6) is 0. The van der Waals surface area contributed by atoms with Gasteiger partial charge in [0.05, 0.1) is 6.61 Å². The van der Waals surface area contributed by atoms with E-state index in [-0.39, 0.29) is 6.61 Å². The van der Waals surface area contributed by atoms with Crippen LogP contribution in [0, 0.1) is 0 Å². The van der Waals surface area contributed by atoms with Crippen LogP contribution in [0.1, 0.15) is 18.9 Å². The lowest BCUT2D eigenvalue weighted by atomic mass is 10.2. The Morgan fingerprint density at radius 2 is 1.86 bits per heavy atom. The van der Waals surface area contributed by atoms with Gasteiger partial charge in [-0.15, -0.1) is 0 Å². The first-order valence-corrected chi connectivity index (χ1v) is 5.24. The standard InChI is InChI=1S/C12H19NO/c1-2-8-13(9-10-14)11-12-6-4-3-5-7-12/h3-7,14H,2,8-11H2,1H3. The van der Waals surface area contributed by atoms with Crippen molar-refractivity contribution in [2.24, 2.45) is 0 Å². The van der Waals surface area contributed by atoms with E-state index < -0.39 is 0 Å². The van der Waals surface area contributed by atoms with Gasteiger partial charge in [0.1, 0.15) is 0 Å². The summed E-state index contributed by atoms with van der Waals surface area (Å²) in [4.78, 5) is 2.27. The quantitative estimate of drug-likeness (QED) is 0.745. The summed E-state index contributed by atoms with van der Waals surface area (Å²) in [5, 5.41) is 8.90. The number of hydrogen-bond donors (Lipinski definition) is 1. The molecule has 0 aliphatic rings. The molecule has 0 aromatic heterocycles.